The van der Waals surface area contributed by atoms with Crippen molar-refractivity contribution in [3.63, 3.8) is 0 Å². The van der Waals surface area contributed by atoms with Gasteiger partial charge in [0.05, 0.1) is 17.2 Å². The molecule has 0 spiro atoms. The SMILES string of the molecule is O=C(C[C@@H](C(=O)O)c1ccc(F)cc1)Nc1ccccc1C(=O)Nc1ccc(Cl)cc1. The number of hydrogen-bond donors (Lipinski definition) is 3. The van der Waals surface area contributed by atoms with Gasteiger partial charge < -0.3 is 15.7 Å². The van der Waals surface area contributed by atoms with Crippen LogP contribution in [0, 0.1) is 5.82 Å². The summed E-state index contributed by atoms with van der Waals surface area (Å²) < 4.78 is 13.1. The Morgan fingerprint density at radius 1 is 0.903 bits per heavy atom. The normalized spacial score (nSPS) is 11.4. The van der Waals surface area contributed by atoms with Crippen molar-refractivity contribution < 1.29 is 23.9 Å². The first-order valence-electron chi connectivity index (χ1n) is 9.27. The molecule has 0 aliphatic rings. The Bertz CT molecular complexity index is 1100. The third kappa shape index (κ3) is 5.90. The molecule has 0 aliphatic carbocycles. The molecule has 0 saturated heterocycles. The van der Waals surface area contributed by atoms with Crippen LogP contribution in [0.5, 0.6) is 0 Å². The highest BCUT2D eigenvalue weighted by atomic mass is 35.5. The van der Waals surface area contributed by atoms with Crippen molar-refractivity contribution in [2.24, 2.45) is 0 Å². The molecule has 8 heteroatoms. The number of aliphatic carboxylic acids is 1. The van der Waals surface area contributed by atoms with Crippen LogP contribution in [0.2, 0.25) is 5.02 Å². The standard InChI is InChI=1S/C23H18ClFN2O4/c24-15-7-11-17(12-8-15)26-22(29)18-3-1-2-4-20(18)27-21(28)13-19(23(30)31)14-5-9-16(25)10-6-14/h1-12,19H,13H2,(H,26,29)(H,27,28)(H,30,31)/t19-/m1/s1. The maximum absolute atomic E-state index is 13.1. The van der Waals surface area contributed by atoms with Crippen LogP contribution >= 0.6 is 11.6 Å². The second-order valence-corrected chi connectivity index (χ2v) is 7.14. The number of nitrogens with one attached hydrogen (secondary N) is 2. The maximum Gasteiger partial charge on any atom is 0.311 e. The van der Waals surface area contributed by atoms with E-state index in [0.717, 1.165) is 12.1 Å². The fraction of sp³-hybridized carbons (Fsp3) is 0.0870. The first-order chi connectivity index (χ1) is 14.8. The van der Waals surface area contributed by atoms with E-state index in [4.69, 9.17) is 11.6 Å². The zero-order valence-electron chi connectivity index (χ0n) is 16.1. The predicted molar refractivity (Wildman–Crippen MR) is 116 cm³/mol. The highest BCUT2D eigenvalue weighted by Crippen LogP contribution is 2.23. The summed E-state index contributed by atoms with van der Waals surface area (Å²) in [7, 11) is 0. The summed E-state index contributed by atoms with van der Waals surface area (Å²) in [6.45, 7) is 0. The minimum atomic E-state index is -1.21. The largest absolute Gasteiger partial charge is 0.481 e. The van der Waals surface area contributed by atoms with Crippen LogP contribution in [0.3, 0.4) is 0 Å². The topological polar surface area (TPSA) is 95.5 Å². The van der Waals surface area contributed by atoms with Crippen LogP contribution in [0.15, 0.2) is 72.8 Å². The van der Waals surface area contributed by atoms with Crippen LogP contribution in [-0.2, 0) is 9.59 Å². The smallest absolute Gasteiger partial charge is 0.311 e. The van der Waals surface area contributed by atoms with Crippen LogP contribution in [0.1, 0.15) is 28.3 Å². The number of benzene rings is 3. The molecule has 1 atom stereocenters. The van der Waals surface area contributed by atoms with Crippen molar-refractivity contribution in [1.82, 2.24) is 0 Å². The number of carbonyl (C=O) groups is 3. The highest BCUT2D eigenvalue weighted by molar-refractivity contribution is 6.30. The molecule has 6 nitrogen and oxygen atoms in total. The number of amides is 2. The molecule has 0 unspecified atom stereocenters. The van der Waals surface area contributed by atoms with Crippen molar-refractivity contribution in [2.75, 3.05) is 10.6 Å². The number of hydrogen-bond acceptors (Lipinski definition) is 3. The number of halogens is 2. The Morgan fingerprint density at radius 2 is 1.55 bits per heavy atom. The van der Waals surface area contributed by atoms with Crippen LogP contribution in [0.25, 0.3) is 0 Å². The molecule has 3 aromatic carbocycles. The third-order valence-electron chi connectivity index (χ3n) is 4.51. The Morgan fingerprint density at radius 3 is 2.19 bits per heavy atom. The van der Waals surface area contributed by atoms with E-state index < -0.39 is 29.5 Å². The molecule has 3 aromatic rings. The lowest BCUT2D eigenvalue weighted by Gasteiger charge is -2.15. The maximum atomic E-state index is 13.1. The van der Waals surface area contributed by atoms with E-state index in [1.807, 2.05) is 0 Å². The minimum absolute atomic E-state index is 0.208. The van der Waals surface area contributed by atoms with E-state index in [-0.39, 0.29) is 17.7 Å². The first-order valence-corrected chi connectivity index (χ1v) is 9.65. The Hall–Kier alpha value is -3.71. The number of carbonyl (C=O) groups excluding carboxylic acids is 2. The van der Waals surface area contributed by atoms with Crippen molar-refractivity contribution >= 4 is 40.8 Å². The van der Waals surface area contributed by atoms with E-state index >= 15 is 0 Å². The molecule has 2 amide bonds. The quantitative estimate of drug-likeness (QED) is 0.485. The summed E-state index contributed by atoms with van der Waals surface area (Å²) in [6.07, 6.45) is -0.381. The molecule has 158 valence electrons. The Labute approximate surface area is 182 Å². The van der Waals surface area contributed by atoms with Gasteiger partial charge >= 0.3 is 5.97 Å². The lowest BCUT2D eigenvalue weighted by atomic mass is 9.95. The van der Waals surface area contributed by atoms with Gasteiger partial charge in [-0.3, -0.25) is 14.4 Å². The lowest BCUT2D eigenvalue weighted by molar-refractivity contribution is -0.140. The Balaban J connectivity index is 1.73. The molecule has 0 aliphatic heterocycles. The summed E-state index contributed by atoms with van der Waals surface area (Å²) in [5.74, 6) is -3.92. The highest BCUT2D eigenvalue weighted by Gasteiger charge is 2.24. The minimum Gasteiger partial charge on any atom is -0.481 e. The monoisotopic (exact) mass is 440 g/mol. The zero-order chi connectivity index (χ0) is 22.4. The van der Waals surface area contributed by atoms with Gasteiger partial charge in [-0.2, -0.15) is 0 Å². The zero-order valence-corrected chi connectivity index (χ0v) is 16.9. The molecule has 3 N–H and O–H groups in total. The van der Waals surface area contributed by atoms with Crippen molar-refractivity contribution in [3.05, 3.63) is 94.8 Å². The van der Waals surface area contributed by atoms with Gasteiger partial charge in [-0.1, -0.05) is 35.9 Å². The van der Waals surface area contributed by atoms with Crippen molar-refractivity contribution in [1.29, 1.82) is 0 Å². The van der Waals surface area contributed by atoms with Gasteiger partial charge in [0.25, 0.3) is 5.91 Å². The van der Waals surface area contributed by atoms with Crippen molar-refractivity contribution in [2.45, 2.75) is 12.3 Å². The molecule has 0 heterocycles. The molecule has 0 fully saturated rings. The fourth-order valence-electron chi connectivity index (χ4n) is 2.95. The molecule has 3 rings (SSSR count). The first kappa shape index (κ1) is 22.0. The summed E-state index contributed by atoms with van der Waals surface area (Å²) in [6, 6.07) is 17.8. The van der Waals surface area contributed by atoms with Crippen LogP contribution in [-0.4, -0.2) is 22.9 Å². The lowest BCUT2D eigenvalue weighted by Crippen LogP contribution is -2.22. The number of rotatable bonds is 7. The average molecular weight is 441 g/mol. The summed E-state index contributed by atoms with van der Waals surface area (Å²) in [5.41, 5.74) is 1.28. The van der Waals surface area contributed by atoms with E-state index in [1.165, 1.54) is 18.2 Å². The van der Waals surface area contributed by atoms with E-state index in [2.05, 4.69) is 10.6 Å². The van der Waals surface area contributed by atoms with Gasteiger partial charge in [0.1, 0.15) is 5.82 Å². The van der Waals surface area contributed by atoms with Crippen LogP contribution in [0.4, 0.5) is 15.8 Å². The summed E-state index contributed by atoms with van der Waals surface area (Å²) in [5, 5.41) is 15.3. The Kier molecular flexibility index (Phi) is 6.99. The van der Waals surface area contributed by atoms with Crippen molar-refractivity contribution in [3.8, 4) is 0 Å². The molecule has 0 saturated carbocycles. The second-order valence-electron chi connectivity index (χ2n) is 6.70. The van der Waals surface area contributed by atoms with Gasteiger partial charge in [0, 0.05) is 17.1 Å². The molecule has 0 bridgehead atoms. The van der Waals surface area contributed by atoms with Gasteiger partial charge in [0.2, 0.25) is 5.91 Å². The second kappa shape index (κ2) is 9.86. The van der Waals surface area contributed by atoms with Gasteiger partial charge in [-0.25, -0.2) is 4.39 Å². The van der Waals surface area contributed by atoms with Crippen LogP contribution < -0.4 is 10.6 Å². The number of anilines is 2. The third-order valence-corrected chi connectivity index (χ3v) is 4.76. The predicted octanol–water partition coefficient (Wildman–Crippen LogP) is 4.93. The molecule has 31 heavy (non-hydrogen) atoms. The summed E-state index contributed by atoms with van der Waals surface area (Å²) >= 11 is 5.84. The van der Waals surface area contributed by atoms with Gasteiger partial charge in [-0.15, -0.1) is 0 Å². The number of carboxylic acids is 1. The van der Waals surface area contributed by atoms with E-state index in [9.17, 15) is 23.9 Å². The molecular weight excluding hydrogens is 423 g/mol. The number of carboxylic acid groups (broad SMARTS) is 1. The summed E-state index contributed by atoms with van der Waals surface area (Å²) in [4.78, 5) is 36.8. The fourth-order valence-corrected chi connectivity index (χ4v) is 3.08. The molecule has 0 radical (unpaired) electrons. The van der Waals surface area contributed by atoms with Gasteiger partial charge in [0.15, 0.2) is 0 Å². The molecule has 0 aromatic heterocycles. The van der Waals surface area contributed by atoms with E-state index in [1.54, 1.807) is 42.5 Å². The number of para-hydroxylation sites is 1. The average Bonchev–Trinajstić information content (AvgIpc) is 2.74. The van der Waals surface area contributed by atoms with E-state index in [0.29, 0.717) is 16.3 Å². The van der Waals surface area contributed by atoms with Gasteiger partial charge in [-0.05, 0) is 54.1 Å². The molecular formula is C23H18ClFN2O4.